The summed E-state index contributed by atoms with van der Waals surface area (Å²) in [7, 11) is 0. The van der Waals surface area contributed by atoms with E-state index < -0.39 is 0 Å². The summed E-state index contributed by atoms with van der Waals surface area (Å²) < 4.78 is 0. The van der Waals surface area contributed by atoms with Gasteiger partial charge in [-0.05, 0) is 18.6 Å². The van der Waals surface area contributed by atoms with Gasteiger partial charge in [0.05, 0.1) is 11.0 Å². The summed E-state index contributed by atoms with van der Waals surface area (Å²) in [6, 6.07) is 3.29. The molecule has 2 N–H and O–H groups in total. The molecule has 3 heteroatoms. The molecule has 0 unspecified atom stereocenters. The van der Waals surface area contributed by atoms with E-state index in [9.17, 15) is 4.79 Å². The summed E-state index contributed by atoms with van der Waals surface area (Å²) in [5.41, 5.74) is 2.89. The molecule has 0 aromatic carbocycles. The highest BCUT2D eigenvalue weighted by Crippen LogP contribution is 2.10. The van der Waals surface area contributed by atoms with E-state index in [1.54, 1.807) is 6.07 Å². The monoisotopic (exact) mass is 178 g/mol. The van der Waals surface area contributed by atoms with Crippen LogP contribution in [0.4, 0.5) is 0 Å². The zero-order valence-corrected chi connectivity index (χ0v) is 8.14. The molecule has 0 saturated carbocycles. The lowest BCUT2D eigenvalue weighted by Crippen LogP contribution is -2.01. The number of nitrogens with one attached hydrogen (secondary N) is 2. The van der Waals surface area contributed by atoms with Crippen LogP contribution in [-0.4, -0.2) is 9.97 Å². The van der Waals surface area contributed by atoms with Gasteiger partial charge in [0.25, 0.3) is 0 Å². The summed E-state index contributed by atoms with van der Waals surface area (Å²) in [5, 5.41) is 0. The molecule has 13 heavy (non-hydrogen) atoms. The predicted octanol–water partition coefficient (Wildman–Crippen LogP) is 2.19. The first-order chi connectivity index (χ1) is 6.27. The van der Waals surface area contributed by atoms with E-state index >= 15 is 0 Å². The molecule has 0 bridgehead atoms. The quantitative estimate of drug-likeness (QED) is 0.638. The third kappa shape index (κ3) is 1.80. The number of aryl methyl sites for hydroxylation is 1. The van der Waals surface area contributed by atoms with Crippen LogP contribution in [0, 0.1) is 6.92 Å². The third-order valence-corrected chi connectivity index (χ3v) is 1.76. The molecule has 70 valence electrons. The molecule has 0 spiro atoms. The number of pyridine rings is 1. The van der Waals surface area contributed by atoms with Crippen LogP contribution in [0.2, 0.25) is 0 Å². The molecule has 0 aliphatic heterocycles. The average Bonchev–Trinajstić information content (AvgIpc) is 2.52. The van der Waals surface area contributed by atoms with Crippen molar-refractivity contribution in [1.82, 2.24) is 9.97 Å². The fourth-order valence-electron chi connectivity index (χ4n) is 1.16. The number of rotatable bonds is 0. The minimum Gasteiger partial charge on any atom is -0.360 e. The van der Waals surface area contributed by atoms with Crippen LogP contribution in [0.25, 0.3) is 11.0 Å². The first kappa shape index (κ1) is 9.58. The van der Waals surface area contributed by atoms with Gasteiger partial charge >= 0.3 is 0 Å². The SMILES string of the molecule is CC.Cc1c[nH]c2ccc(=O)[nH]c12. The van der Waals surface area contributed by atoms with Gasteiger partial charge in [0.1, 0.15) is 0 Å². The molecule has 0 aliphatic rings. The Morgan fingerprint density at radius 2 is 1.92 bits per heavy atom. The highest BCUT2D eigenvalue weighted by Gasteiger charge is 1.97. The summed E-state index contributed by atoms with van der Waals surface area (Å²) in [6.45, 7) is 5.95. The van der Waals surface area contributed by atoms with Crippen molar-refractivity contribution >= 4 is 11.0 Å². The second kappa shape index (κ2) is 3.94. The van der Waals surface area contributed by atoms with Crippen molar-refractivity contribution in [3.63, 3.8) is 0 Å². The highest BCUT2D eigenvalue weighted by molar-refractivity contribution is 5.77. The lowest BCUT2D eigenvalue weighted by atomic mass is 10.3. The second-order valence-electron chi connectivity index (χ2n) is 2.58. The van der Waals surface area contributed by atoms with Gasteiger partial charge in [-0.25, -0.2) is 0 Å². The van der Waals surface area contributed by atoms with Crippen LogP contribution >= 0.6 is 0 Å². The summed E-state index contributed by atoms with van der Waals surface area (Å²) >= 11 is 0. The van der Waals surface area contributed by atoms with Gasteiger partial charge < -0.3 is 9.97 Å². The summed E-state index contributed by atoms with van der Waals surface area (Å²) in [4.78, 5) is 16.7. The molecule has 0 atom stereocenters. The Labute approximate surface area is 76.8 Å². The first-order valence-electron chi connectivity index (χ1n) is 4.44. The summed E-state index contributed by atoms with van der Waals surface area (Å²) in [5.74, 6) is 0. The summed E-state index contributed by atoms with van der Waals surface area (Å²) in [6.07, 6.45) is 1.88. The van der Waals surface area contributed by atoms with Crippen molar-refractivity contribution in [2.24, 2.45) is 0 Å². The smallest absolute Gasteiger partial charge is 0.248 e. The standard InChI is InChI=1S/C8H8N2O.C2H6/c1-5-4-9-6-2-3-7(11)10-8(5)6;1-2/h2-4,9H,1H3,(H,10,11);1-2H3. The van der Waals surface area contributed by atoms with E-state index in [4.69, 9.17) is 0 Å². The van der Waals surface area contributed by atoms with E-state index in [-0.39, 0.29) is 5.56 Å². The van der Waals surface area contributed by atoms with E-state index in [1.165, 1.54) is 6.07 Å². The van der Waals surface area contributed by atoms with E-state index in [1.807, 2.05) is 27.0 Å². The van der Waals surface area contributed by atoms with E-state index in [0.717, 1.165) is 16.6 Å². The number of fused-ring (bicyclic) bond motifs is 1. The Morgan fingerprint density at radius 3 is 2.62 bits per heavy atom. The minimum atomic E-state index is -0.0554. The maximum absolute atomic E-state index is 10.9. The van der Waals surface area contributed by atoms with Crippen molar-refractivity contribution in [3.8, 4) is 0 Å². The predicted molar refractivity (Wildman–Crippen MR) is 55.0 cm³/mol. The average molecular weight is 178 g/mol. The van der Waals surface area contributed by atoms with Crippen LogP contribution in [0.1, 0.15) is 19.4 Å². The molecule has 2 rings (SSSR count). The van der Waals surface area contributed by atoms with Gasteiger partial charge in [-0.3, -0.25) is 4.79 Å². The fourth-order valence-corrected chi connectivity index (χ4v) is 1.16. The third-order valence-electron chi connectivity index (χ3n) is 1.76. The normalized spacial score (nSPS) is 9.46. The van der Waals surface area contributed by atoms with Crippen LogP contribution < -0.4 is 5.56 Å². The molecular formula is C10H14N2O. The Bertz CT molecular complexity index is 439. The van der Waals surface area contributed by atoms with Gasteiger partial charge in [0.15, 0.2) is 0 Å². The molecule has 2 aromatic heterocycles. The highest BCUT2D eigenvalue weighted by atomic mass is 16.1. The van der Waals surface area contributed by atoms with Gasteiger partial charge in [-0.2, -0.15) is 0 Å². The molecule has 2 heterocycles. The molecule has 2 aromatic rings. The number of aromatic amines is 2. The van der Waals surface area contributed by atoms with Crippen LogP contribution in [0.3, 0.4) is 0 Å². The largest absolute Gasteiger partial charge is 0.360 e. The Balaban J connectivity index is 0.000000396. The van der Waals surface area contributed by atoms with Gasteiger partial charge in [0, 0.05) is 12.3 Å². The van der Waals surface area contributed by atoms with Crippen molar-refractivity contribution in [1.29, 1.82) is 0 Å². The Kier molecular flexibility index (Phi) is 2.90. The molecule has 0 amide bonds. The van der Waals surface area contributed by atoms with Gasteiger partial charge in [0.2, 0.25) is 5.56 Å². The molecule has 0 aliphatic carbocycles. The number of hydrogen-bond donors (Lipinski definition) is 2. The number of H-pyrrole nitrogens is 2. The molecule has 0 radical (unpaired) electrons. The van der Waals surface area contributed by atoms with E-state index in [0.29, 0.717) is 0 Å². The van der Waals surface area contributed by atoms with Crippen molar-refractivity contribution in [2.75, 3.05) is 0 Å². The lowest BCUT2D eigenvalue weighted by Gasteiger charge is -1.88. The first-order valence-corrected chi connectivity index (χ1v) is 4.44. The van der Waals surface area contributed by atoms with Crippen LogP contribution in [0.5, 0.6) is 0 Å². The molecule has 0 saturated heterocycles. The van der Waals surface area contributed by atoms with Crippen molar-refractivity contribution in [3.05, 3.63) is 34.2 Å². The van der Waals surface area contributed by atoms with Crippen molar-refractivity contribution in [2.45, 2.75) is 20.8 Å². The van der Waals surface area contributed by atoms with Crippen LogP contribution in [0.15, 0.2) is 23.1 Å². The van der Waals surface area contributed by atoms with Gasteiger partial charge in [-0.1, -0.05) is 13.8 Å². The zero-order valence-electron chi connectivity index (χ0n) is 8.14. The molecule has 3 nitrogen and oxygen atoms in total. The second-order valence-corrected chi connectivity index (χ2v) is 2.58. The lowest BCUT2D eigenvalue weighted by molar-refractivity contribution is 1.30. The Hall–Kier alpha value is -1.51. The Morgan fingerprint density at radius 1 is 1.23 bits per heavy atom. The number of hydrogen-bond acceptors (Lipinski definition) is 1. The molecular weight excluding hydrogens is 164 g/mol. The maximum atomic E-state index is 10.9. The maximum Gasteiger partial charge on any atom is 0.248 e. The van der Waals surface area contributed by atoms with Crippen LogP contribution in [-0.2, 0) is 0 Å². The van der Waals surface area contributed by atoms with Gasteiger partial charge in [-0.15, -0.1) is 0 Å². The van der Waals surface area contributed by atoms with Crippen molar-refractivity contribution < 1.29 is 0 Å². The van der Waals surface area contributed by atoms with E-state index in [2.05, 4.69) is 9.97 Å². The fraction of sp³-hybridized carbons (Fsp3) is 0.300. The molecule has 0 fully saturated rings. The minimum absolute atomic E-state index is 0.0554. The topological polar surface area (TPSA) is 48.6 Å². The zero-order chi connectivity index (χ0) is 9.84. The number of aromatic nitrogens is 2.